The minimum absolute atomic E-state index is 0.269. The number of carbonyl (C=O) groups excluding carboxylic acids is 1. The third-order valence-corrected chi connectivity index (χ3v) is 6.44. The predicted octanol–water partition coefficient (Wildman–Crippen LogP) is 2.24. The highest BCUT2D eigenvalue weighted by molar-refractivity contribution is 7.89. The molecule has 0 atom stereocenters. The number of nitrogens with one attached hydrogen (secondary N) is 1. The maximum absolute atomic E-state index is 12.8. The zero-order chi connectivity index (χ0) is 18.7. The third kappa shape index (κ3) is 3.86. The second-order valence-electron chi connectivity index (χ2n) is 6.28. The van der Waals surface area contributed by atoms with E-state index in [2.05, 4.69) is 10.3 Å². The molecule has 0 radical (unpaired) electrons. The van der Waals surface area contributed by atoms with Gasteiger partial charge in [-0.1, -0.05) is 12.1 Å². The largest absolute Gasteiger partial charge is 0.323 e. The number of anilines is 1. The summed E-state index contributed by atoms with van der Waals surface area (Å²) in [4.78, 5) is 18.2. The van der Waals surface area contributed by atoms with Gasteiger partial charge in [-0.05, 0) is 49.2 Å². The van der Waals surface area contributed by atoms with E-state index in [1.165, 1.54) is 4.31 Å². The average molecular weight is 374 g/mol. The van der Waals surface area contributed by atoms with Crippen LogP contribution in [0.1, 0.15) is 11.1 Å². The van der Waals surface area contributed by atoms with Gasteiger partial charge in [-0.15, -0.1) is 0 Å². The van der Waals surface area contributed by atoms with Crippen LogP contribution in [0.4, 0.5) is 10.6 Å². The van der Waals surface area contributed by atoms with E-state index in [1.54, 1.807) is 41.4 Å². The molecular weight excluding hydrogens is 352 g/mol. The van der Waals surface area contributed by atoms with E-state index in [1.807, 2.05) is 19.9 Å². The van der Waals surface area contributed by atoms with E-state index in [0.29, 0.717) is 23.8 Å². The molecule has 8 heteroatoms. The van der Waals surface area contributed by atoms with E-state index in [-0.39, 0.29) is 19.1 Å². The number of aryl methyl sites for hydroxylation is 2. The lowest BCUT2D eigenvalue weighted by molar-refractivity contribution is 0.184. The summed E-state index contributed by atoms with van der Waals surface area (Å²) in [5.41, 5.74) is 2.00. The van der Waals surface area contributed by atoms with Gasteiger partial charge in [0.25, 0.3) is 0 Å². The fourth-order valence-corrected chi connectivity index (χ4v) is 4.29. The number of aromatic nitrogens is 1. The molecule has 1 N–H and O–H groups in total. The minimum Gasteiger partial charge on any atom is -0.322 e. The molecule has 26 heavy (non-hydrogen) atoms. The standard InChI is InChI=1S/C18H22N4O3S/c1-14-6-7-16(13-15(14)2)26(24,25)22-11-9-21(10-12-22)18(23)20-17-5-3-4-8-19-17/h3-8,13H,9-12H2,1-2H3,(H,19,20,23). The highest BCUT2D eigenvalue weighted by atomic mass is 32.2. The Hall–Kier alpha value is -2.45. The first-order valence-corrected chi connectivity index (χ1v) is 9.86. The molecule has 2 amide bonds. The van der Waals surface area contributed by atoms with Crippen LogP contribution in [0, 0.1) is 13.8 Å². The molecule has 2 heterocycles. The lowest BCUT2D eigenvalue weighted by atomic mass is 10.1. The van der Waals surface area contributed by atoms with Gasteiger partial charge in [-0.3, -0.25) is 5.32 Å². The summed E-state index contributed by atoms with van der Waals surface area (Å²) in [6.45, 7) is 5.06. The number of sulfonamides is 1. The third-order valence-electron chi connectivity index (χ3n) is 4.54. The van der Waals surface area contributed by atoms with E-state index in [4.69, 9.17) is 0 Å². The molecule has 0 spiro atoms. The summed E-state index contributed by atoms with van der Waals surface area (Å²) in [6, 6.07) is 10.1. The molecule has 0 bridgehead atoms. The Balaban J connectivity index is 1.64. The Morgan fingerprint density at radius 1 is 1.04 bits per heavy atom. The smallest absolute Gasteiger partial charge is 0.322 e. The van der Waals surface area contributed by atoms with Crippen molar-refractivity contribution in [1.29, 1.82) is 0 Å². The normalized spacial score (nSPS) is 15.7. The molecule has 7 nitrogen and oxygen atoms in total. The van der Waals surface area contributed by atoms with Crippen LogP contribution in [-0.4, -0.2) is 54.8 Å². The monoisotopic (exact) mass is 374 g/mol. The number of urea groups is 1. The Labute approximate surface area is 153 Å². The molecule has 1 fully saturated rings. The number of hydrogen-bond acceptors (Lipinski definition) is 4. The highest BCUT2D eigenvalue weighted by Gasteiger charge is 2.30. The lowest BCUT2D eigenvalue weighted by Crippen LogP contribution is -2.51. The predicted molar refractivity (Wildman–Crippen MR) is 99.5 cm³/mol. The molecule has 1 aromatic heterocycles. The molecule has 3 rings (SSSR count). The number of nitrogens with zero attached hydrogens (tertiary/aromatic N) is 3. The van der Waals surface area contributed by atoms with Gasteiger partial charge in [0, 0.05) is 32.4 Å². The Morgan fingerprint density at radius 2 is 1.77 bits per heavy atom. The summed E-state index contributed by atoms with van der Waals surface area (Å²) < 4.78 is 27.1. The second kappa shape index (κ2) is 7.43. The van der Waals surface area contributed by atoms with Crippen LogP contribution in [0.5, 0.6) is 0 Å². The Kier molecular flexibility index (Phi) is 5.24. The number of piperazine rings is 1. The van der Waals surface area contributed by atoms with E-state index in [9.17, 15) is 13.2 Å². The van der Waals surface area contributed by atoms with Gasteiger partial charge in [0.1, 0.15) is 5.82 Å². The second-order valence-corrected chi connectivity index (χ2v) is 8.22. The van der Waals surface area contributed by atoms with Gasteiger partial charge in [-0.2, -0.15) is 4.31 Å². The van der Waals surface area contributed by atoms with Crippen LogP contribution in [0.15, 0.2) is 47.5 Å². The number of carbonyl (C=O) groups is 1. The van der Waals surface area contributed by atoms with Gasteiger partial charge in [0.05, 0.1) is 4.90 Å². The molecule has 0 saturated carbocycles. The Bertz CT molecular complexity index is 892. The molecule has 1 saturated heterocycles. The number of rotatable bonds is 3. The summed E-state index contributed by atoms with van der Waals surface area (Å²) in [5.74, 6) is 0.475. The van der Waals surface area contributed by atoms with Crippen LogP contribution in [0.25, 0.3) is 0 Å². The van der Waals surface area contributed by atoms with Gasteiger partial charge in [-0.25, -0.2) is 18.2 Å². The van der Waals surface area contributed by atoms with Crippen molar-refractivity contribution in [2.45, 2.75) is 18.7 Å². The summed E-state index contributed by atoms with van der Waals surface area (Å²) in [6.07, 6.45) is 1.60. The fourth-order valence-electron chi connectivity index (χ4n) is 2.78. The number of hydrogen-bond donors (Lipinski definition) is 1. The number of amides is 2. The van der Waals surface area contributed by atoms with Crippen molar-refractivity contribution in [2.24, 2.45) is 0 Å². The van der Waals surface area contributed by atoms with Gasteiger partial charge < -0.3 is 4.90 Å². The molecule has 2 aromatic rings. The van der Waals surface area contributed by atoms with E-state index < -0.39 is 10.0 Å². The maximum atomic E-state index is 12.8. The first kappa shape index (κ1) is 18.3. The molecular formula is C18H22N4O3S. The van der Waals surface area contributed by atoms with Crippen molar-refractivity contribution in [3.05, 3.63) is 53.7 Å². The van der Waals surface area contributed by atoms with Gasteiger partial charge in [0.15, 0.2) is 0 Å². The van der Waals surface area contributed by atoms with Crippen molar-refractivity contribution in [3.8, 4) is 0 Å². The summed E-state index contributed by atoms with van der Waals surface area (Å²) >= 11 is 0. The lowest BCUT2D eigenvalue weighted by Gasteiger charge is -2.33. The van der Waals surface area contributed by atoms with Crippen molar-refractivity contribution in [1.82, 2.24) is 14.2 Å². The summed E-state index contributed by atoms with van der Waals surface area (Å²) in [5, 5.41) is 2.72. The van der Waals surface area contributed by atoms with Crippen molar-refractivity contribution in [3.63, 3.8) is 0 Å². The summed E-state index contributed by atoms with van der Waals surface area (Å²) in [7, 11) is -3.55. The van der Waals surface area contributed by atoms with Crippen LogP contribution in [0.3, 0.4) is 0 Å². The van der Waals surface area contributed by atoms with E-state index >= 15 is 0 Å². The topological polar surface area (TPSA) is 82.6 Å². The average Bonchev–Trinajstić information content (AvgIpc) is 2.65. The minimum atomic E-state index is -3.55. The molecule has 0 aliphatic carbocycles. The zero-order valence-electron chi connectivity index (χ0n) is 14.8. The zero-order valence-corrected chi connectivity index (χ0v) is 15.7. The quantitative estimate of drug-likeness (QED) is 0.893. The van der Waals surface area contributed by atoms with E-state index in [0.717, 1.165) is 11.1 Å². The van der Waals surface area contributed by atoms with Crippen LogP contribution < -0.4 is 5.32 Å². The van der Waals surface area contributed by atoms with Crippen LogP contribution in [-0.2, 0) is 10.0 Å². The van der Waals surface area contributed by atoms with Crippen molar-refractivity contribution in [2.75, 3.05) is 31.5 Å². The molecule has 1 aliphatic heterocycles. The first-order chi connectivity index (χ1) is 12.4. The SMILES string of the molecule is Cc1ccc(S(=O)(=O)N2CCN(C(=O)Nc3ccccn3)CC2)cc1C. The van der Waals surface area contributed by atoms with Crippen molar-refractivity contribution < 1.29 is 13.2 Å². The maximum Gasteiger partial charge on any atom is 0.323 e. The van der Waals surface area contributed by atoms with Crippen molar-refractivity contribution >= 4 is 21.9 Å². The van der Waals surface area contributed by atoms with Crippen LogP contribution >= 0.6 is 0 Å². The fraction of sp³-hybridized carbons (Fsp3) is 0.333. The molecule has 1 aromatic carbocycles. The molecule has 0 unspecified atom stereocenters. The Morgan fingerprint density at radius 3 is 2.38 bits per heavy atom. The highest BCUT2D eigenvalue weighted by Crippen LogP contribution is 2.20. The van der Waals surface area contributed by atoms with Gasteiger partial charge >= 0.3 is 6.03 Å². The van der Waals surface area contributed by atoms with Gasteiger partial charge in [0.2, 0.25) is 10.0 Å². The number of benzene rings is 1. The molecule has 138 valence electrons. The first-order valence-electron chi connectivity index (χ1n) is 8.42. The van der Waals surface area contributed by atoms with Crippen LogP contribution in [0.2, 0.25) is 0 Å². The molecule has 1 aliphatic rings. The number of pyridine rings is 1.